The molecule has 2 nitrogen and oxygen atoms in total. The first kappa shape index (κ1) is 13.4. The maximum Gasteiger partial charge on any atom is 0.145 e. The van der Waals surface area contributed by atoms with E-state index in [1.165, 1.54) is 12.1 Å². The normalized spacial score (nSPS) is 13.8. The zero-order valence-corrected chi connectivity index (χ0v) is 12.3. The van der Waals surface area contributed by atoms with Crippen molar-refractivity contribution in [1.29, 1.82) is 0 Å². The third-order valence-corrected chi connectivity index (χ3v) is 4.04. The molecule has 2 aromatic carbocycles. The lowest BCUT2D eigenvalue weighted by molar-refractivity contribution is 0.546. The second-order valence-corrected chi connectivity index (χ2v) is 5.54. The van der Waals surface area contributed by atoms with Gasteiger partial charge in [-0.05, 0) is 40.2 Å². The number of para-hydroxylation sites is 2. The molecular weight excluding hydrogens is 326 g/mol. The van der Waals surface area contributed by atoms with E-state index in [-0.39, 0.29) is 16.6 Å². The van der Waals surface area contributed by atoms with Crippen molar-refractivity contribution in [3.8, 4) is 0 Å². The molecule has 104 valence electrons. The van der Waals surface area contributed by atoms with E-state index in [0.717, 1.165) is 17.9 Å². The van der Waals surface area contributed by atoms with Gasteiger partial charge in [-0.25, -0.2) is 8.78 Å². The van der Waals surface area contributed by atoms with Gasteiger partial charge in [0, 0.05) is 25.2 Å². The summed E-state index contributed by atoms with van der Waals surface area (Å²) in [5.74, 6) is -1.04. The molecule has 0 amide bonds. The van der Waals surface area contributed by atoms with Gasteiger partial charge >= 0.3 is 0 Å². The summed E-state index contributed by atoms with van der Waals surface area (Å²) in [5, 5.41) is 3.28. The molecule has 0 aliphatic carbocycles. The van der Waals surface area contributed by atoms with Crippen molar-refractivity contribution in [2.45, 2.75) is 6.54 Å². The lowest BCUT2D eigenvalue weighted by atomic mass is 10.1. The van der Waals surface area contributed by atoms with Gasteiger partial charge in [0.1, 0.15) is 11.6 Å². The fourth-order valence-electron chi connectivity index (χ4n) is 2.41. The Morgan fingerprint density at radius 3 is 2.80 bits per heavy atom. The number of anilines is 2. The first-order valence-electron chi connectivity index (χ1n) is 6.37. The molecule has 1 aliphatic heterocycles. The van der Waals surface area contributed by atoms with E-state index in [9.17, 15) is 8.78 Å². The Morgan fingerprint density at radius 2 is 1.95 bits per heavy atom. The van der Waals surface area contributed by atoms with Gasteiger partial charge in [0.05, 0.1) is 15.8 Å². The summed E-state index contributed by atoms with van der Waals surface area (Å²) >= 11 is 3.10. The van der Waals surface area contributed by atoms with Gasteiger partial charge in [-0.3, -0.25) is 0 Å². The van der Waals surface area contributed by atoms with Crippen molar-refractivity contribution in [3.05, 3.63) is 58.1 Å². The van der Waals surface area contributed by atoms with Crippen LogP contribution in [0.15, 0.2) is 40.9 Å². The Bertz CT molecular complexity index is 646. The molecule has 3 rings (SSSR count). The van der Waals surface area contributed by atoms with Gasteiger partial charge in [0.2, 0.25) is 0 Å². The average molecular weight is 339 g/mol. The first-order valence-corrected chi connectivity index (χ1v) is 7.16. The SMILES string of the molecule is Fc1ccc(Br)c(F)c1CN1CCNc2ccccc21. The van der Waals surface area contributed by atoms with Crippen LogP contribution in [0.25, 0.3) is 0 Å². The summed E-state index contributed by atoms with van der Waals surface area (Å²) < 4.78 is 28.2. The summed E-state index contributed by atoms with van der Waals surface area (Å²) in [7, 11) is 0. The molecule has 0 saturated heterocycles. The highest BCUT2D eigenvalue weighted by molar-refractivity contribution is 9.10. The molecule has 1 aliphatic rings. The molecule has 20 heavy (non-hydrogen) atoms. The molecule has 5 heteroatoms. The highest BCUT2D eigenvalue weighted by Gasteiger charge is 2.20. The second kappa shape index (κ2) is 5.40. The molecule has 0 bridgehead atoms. The smallest absolute Gasteiger partial charge is 0.145 e. The number of hydrogen-bond acceptors (Lipinski definition) is 2. The lowest BCUT2D eigenvalue weighted by Gasteiger charge is -2.32. The molecule has 0 atom stereocenters. The molecule has 0 fully saturated rings. The topological polar surface area (TPSA) is 15.3 Å². The molecule has 2 aromatic rings. The quantitative estimate of drug-likeness (QED) is 0.827. The van der Waals surface area contributed by atoms with Crippen LogP contribution in [0.4, 0.5) is 20.2 Å². The van der Waals surface area contributed by atoms with Crippen molar-refractivity contribution in [2.75, 3.05) is 23.3 Å². The van der Waals surface area contributed by atoms with Crippen LogP contribution in [-0.4, -0.2) is 13.1 Å². The van der Waals surface area contributed by atoms with Crippen molar-refractivity contribution in [2.24, 2.45) is 0 Å². The molecule has 1 heterocycles. The highest BCUT2D eigenvalue weighted by atomic mass is 79.9. The number of fused-ring (bicyclic) bond motifs is 1. The van der Waals surface area contributed by atoms with E-state index in [0.29, 0.717) is 6.54 Å². The monoisotopic (exact) mass is 338 g/mol. The van der Waals surface area contributed by atoms with E-state index >= 15 is 0 Å². The molecule has 0 aromatic heterocycles. The summed E-state index contributed by atoms with van der Waals surface area (Å²) in [4.78, 5) is 1.99. The minimum atomic E-state index is -0.527. The van der Waals surface area contributed by atoms with Crippen molar-refractivity contribution >= 4 is 27.3 Å². The summed E-state index contributed by atoms with van der Waals surface area (Å²) in [5.41, 5.74) is 2.06. The fourth-order valence-corrected chi connectivity index (χ4v) is 2.79. The van der Waals surface area contributed by atoms with Crippen molar-refractivity contribution < 1.29 is 8.78 Å². The molecule has 0 spiro atoms. The fraction of sp³-hybridized carbons (Fsp3) is 0.200. The zero-order chi connectivity index (χ0) is 14.1. The lowest BCUT2D eigenvalue weighted by Crippen LogP contribution is -2.34. The predicted octanol–water partition coefficient (Wildman–Crippen LogP) is 4.16. The largest absolute Gasteiger partial charge is 0.382 e. The van der Waals surface area contributed by atoms with Crippen LogP contribution in [0.2, 0.25) is 0 Å². The number of benzene rings is 2. The van der Waals surface area contributed by atoms with E-state index in [4.69, 9.17) is 0 Å². The van der Waals surface area contributed by atoms with Crippen LogP contribution in [0.3, 0.4) is 0 Å². The van der Waals surface area contributed by atoms with Crippen LogP contribution in [0.5, 0.6) is 0 Å². The number of hydrogen-bond donors (Lipinski definition) is 1. The second-order valence-electron chi connectivity index (χ2n) is 4.69. The van der Waals surface area contributed by atoms with Gasteiger partial charge in [-0.15, -0.1) is 0 Å². The molecular formula is C15H13BrF2N2. The summed E-state index contributed by atoms with van der Waals surface area (Å²) in [6.07, 6.45) is 0. The van der Waals surface area contributed by atoms with Crippen LogP contribution in [-0.2, 0) is 6.54 Å². The van der Waals surface area contributed by atoms with Crippen molar-refractivity contribution in [1.82, 2.24) is 0 Å². The Kier molecular flexibility index (Phi) is 3.61. The van der Waals surface area contributed by atoms with Gasteiger partial charge in [0.15, 0.2) is 0 Å². The number of nitrogens with zero attached hydrogens (tertiary/aromatic N) is 1. The van der Waals surface area contributed by atoms with Crippen LogP contribution >= 0.6 is 15.9 Å². The van der Waals surface area contributed by atoms with E-state index in [2.05, 4.69) is 21.2 Å². The Morgan fingerprint density at radius 1 is 1.15 bits per heavy atom. The summed E-state index contributed by atoms with van der Waals surface area (Å²) in [6, 6.07) is 10.5. The molecule has 0 radical (unpaired) electrons. The zero-order valence-electron chi connectivity index (χ0n) is 10.7. The highest BCUT2D eigenvalue weighted by Crippen LogP contribution is 2.31. The minimum Gasteiger partial charge on any atom is -0.382 e. The van der Waals surface area contributed by atoms with Gasteiger partial charge in [0.25, 0.3) is 0 Å². The maximum absolute atomic E-state index is 14.1. The van der Waals surface area contributed by atoms with Crippen molar-refractivity contribution in [3.63, 3.8) is 0 Å². The van der Waals surface area contributed by atoms with E-state index in [1.807, 2.05) is 29.2 Å². The van der Waals surface area contributed by atoms with E-state index in [1.54, 1.807) is 0 Å². The number of rotatable bonds is 2. The molecule has 0 unspecified atom stereocenters. The number of halogens is 3. The maximum atomic E-state index is 14.1. The third kappa shape index (κ3) is 2.38. The Balaban J connectivity index is 1.96. The van der Waals surface area contributed by atoms with E-state index < -0.39 is 11.6 Å². The van der Waals surface area contributed by atoms with Gasteiger partial charge < -0.3 is 10.2 Å². The van der Waals surface area contributed by atoms with Crippen LogP contribution < -0.4 is 10.2 Å². The number of nitrogens with one attached hydrogen (secondary N) is 1. The summed E-state index contributed by atoms with van der Waals surface area (Å²) in [6.45, 7) is 1.69. The van der Waals surface area contributed by atoms with Gasteiger partial charge in [-0.1, -0.05) is 12.1 Å². The average Bonchev–Trinajstić information content (AvgIpc) is 2.48. The predicted molar refractivity (Wildman–Crippen MR) is 80.0 cm³/mol. The Labute approximate surface area is 124 Å². The van der Waals surface area contributed by atoms with Gasteiger partial charge in [-0.2, -0.15) is 0 Å². The first-order chi connectivity index (χ1) is 9.66. The minimum absolute atomic E-state index is 0.0936. The Hall–Kier alpha value is -1.62. The molecule has 1 N–H and O–H groups in total. The van der Waals surface area contributed by atoms with Crippen LogP contribution in [0, 0.1) is 11.6 Å². The molecule has 0 saturated carbocycles. The third-order valence-electron chi connectivity index (χ3n) is 3.43. The van der Waals surface area contributed by atoms with Crippen LogP contribution in [0.1, 0.15) is 5.56 Å². The standard InChI is InChI=1S/C15H13BrF2N2/c16-11-5-6-12(17)10(15(11)18)9-20-8-7-19-13-3-1-2-4-14(13)20/h1-6,19H,7-9H2.